The van der Waals surface area contributed by atoms with Gasteiger partial charge in [0.05, 0.1) is 19.2 Å². The first-order valence-corrected chi connectivity index (χ1v) is 12.1. The zero-order valence-corrected chi connectivity index (χ0v) is 20.1. The number of rotatable bonds is 7. The van der Waals surface area contributed by atoms with E-state index in [1.54, 1.807) is 7.11 Å². The van der Waals surface area contributed by atoms with E-state index in [0.717, 1.165) is 22.6 Å². The predicted molar refractivity (Wildman–Crippen MR) is 134 cm³/mol. The van der Waals surface area contributed by atoms with Crippen LogP contribution >= 0.6 is 0 Å². The summed E-state index contributed by atoms with van der Waals surface area (Å²) in [7, 11) is 1.62. The molecule has 0 unspecified atom stereocenters. The SMILES string of the molecule is CCNC(=O)[C@H]1[C@H](CO)[C@H]2Cn3c(ccc(-c4ccc(OC)cc4)c3=O)[C@H]2N1Cc1ccccc1. The molecular weight excluding hydrogens is 442 g/mol. The third-order valence-corrected chi connectivity index (χ3v) is 7.42. The van der Waals surface area contributed by atoms with E-state index in [0.29, 0.717) is 25.2 Å². The van der Waals surface area contributed by atoms with E-state index in [2.05, 4.69) is 10.2 Å². The lowest BCUT2D eigenvalue weighted by atomic mass is 9.88. The Labute approximate surface area is 205 Å². The molecule has 2 aliphatic rings. The van der Waals surface area contributed by atoms with Gasteiger partial charge in [-0.2, -0.15) is 0 Å². The molecule has 7 heteroatoms. The zero-order valence-electron chi connectivity index (χ0n) is 20.1. The number of pyridine rings is 1. The summed E-state index contributed by atoms with van der Waals surface area (Å²) in [4.78, 5) is 28.9. The lowest BCUT2D eigenvalue weighted by molar-refractivity contribution is -0.127. The van der Waals surface area contributed by atoms with Crippen LogP contribution in [0.5, 0.6) is 5.75 Å². The Morgan fingerprint density at radius 2 is 1.83 bits per heavy atom. The molecule has 35 heavy (non-hydrogen) atoms. The minimum Gasteiger partial charge on any atom is -0.497 e. The second-order valence-corrected chi connectivity index (χ2v) is 9.27. The monoisotopic (exact) mass is 473 g/mol. The summed E-state index contributed by atoms with van der Waals surface area (Å²) in [5.74, 6) is 0.373. The average molecular weight is 474 g/mol. The molecule has 5 rings (SSSR count). The fourth-order valence-electron chi connectivity index (χ4n) is 5.85. The van der Waals surface area contributed by atoms with E-state index < -0.39 is 6.04 Å². The Balaban J connectivity index is 1.56. The molecule has 3 aromatic rings. The quantitative estimate of drug-likeness (QED) is 0.551. The van der Waals surface area contributed by atoms with Gasteiger partial charge in [-0.05, 0) is 42.3 Å². The number of aliphatic hydroxyl groups excluding tert-OH is 1. The van der Waals surface area contributed by atoms with Crippen LogP contribution in [0.15, 0.2) is 71.5 Å². The van der Waals surface area contributed by atoms with Crippen molar-refractivity contribution in [1.29, 1.82) is 0 Å². The summed E-state index contributed by atoms with van der Waals surface area (Å²) in [5.41, 5.74) is 3.41. The van der Waals surface area contributed by atoms with Crippen LogP contribution in [0.1, 0.15) is 24.2 Å². The normalized spacial score (nSPS) is 23.1. The minimum absolute atomic E-state index is 0.0323. The fourth-order valence-corrected chi connectivity index (χ4v) is 5.85. The molecule has 0 bridgehead atoms. The first-order valence-electron chi connectivity index (χ1n) is 12.1. The van der Waals surface area contributed by atoms with Gasteiger partial charge in [0.2, 0.25) is 5.91 Å². The number of carbonyl (C=O) groups is 1. The van der Waals surface area contributed by atoms with Crippen LogP contribution in [0, 0.1) is 11.8 Å². The average Bonchev–Trinajstić information content (AvgIpc) is 3.41. The third kappa shape index (κ3) is 4.05. The smallest absolute Gasteiger partial charge is 0.258 e. The van der Waals surface area contributed by atoms with Crippen molar-refractivity contribution >= 4 is 5.91 Å². The van der Waals surface area contributed by atoms with Crippen LogP contribution in [0.25, 0.3) is 11.1 Å². The van der Waals surface area contributed by atoms with Gasteiger partial charge in [-0.25, -0.2) is 0 Å². The van der Waals surface area contributed by atoms with Crippen LogP contribution in [0.3, 0.4) is 0 Å². The number of aromatic nitrogens is 1. The summed E-state index contributed by atoms with van der Waals surface area (Å²) in [6.45, 7) is 3.37. The van der Waals surface area contributed by atoms with Crippen molar-refractivity contribution in [2.75, 3.05) is 20.3 Å². The maximum absolute atomic E-state index is 13.6. The molecule has 0 saturated carbocycles. The van der Waals surface area contributed by atoms with Crippen molar-refractivity contribution in [1.82, 2.24) is 14.8 Å². The molecule has 0 radical (unpaired) electrons. The van der Waals surface area contributed by atoms with Crippen molar-refractivity contribution in [3.05, 3.63) is 88.3 Å². The number of aliphatic hydroxyl groups is 1. The number of likely N-dealkylation sites (N-methyl/N-ethyl adjacent to an activating group) is 1. The molecule has 1 saturated heterocycles. The number of hydrogen-bond donors (Lipinski definition) is 2. The van der Waals surface area contributed by atoms with Gasteiger partial charge in [-0.1, -0.05) is 42.5 Å². The fraction of sp³-hybridized carbons (Fsp3) is 0.357. The predicted octanol–water partition coefficient (Wildman–Crippen LogP) is 2.82. The molecule has 7 nitrogen and oxygen atoms in total. The van der Waals surface area contributed by atoms with E-state index in [-0.39, 0.29) is 36.0 Å². The number of benzene rings is 2. The number of fused-ring (bicyclic) bond motifs is 3. The zero-order chi connectivity index (χ0) is 24.5. The molecule has 1 fully saturated rings. The Morgan fingerprint density at radius 3 is 2.49 bits per heavy atom. The van der Waals surface area contributed by atoms with E-state index in [1.165, 1.54) is 0 Å². The maximum Gasteiger partial charge on any atom is 0.258 e. The molecule has 2 N–H and O–H groups in total. The van der Waals surface area contributed by atoms with Gasteiger partial charge in [-0.3, -0.25) is 14.5 Å². The maximum atomic E-state index is 13.6. The molecule has 0 spiro atoms. The van der Waals surface area contributed by atoms with Gasteiger partial charge in [0.15, 0.2) is 0 Å². The van der Waals surface area contributed by atoms with E-state index in [1.807, 2.05) is 78.2 Å². The van der Waals surface area contributed by atoms with Crippen LogP contribution in [-0.4, -0.2) is 46.8 Å². The van der Waals surface area contributed by atoms with E-state index in [4.69, 9.17) is 4.74 Å². The van der Waals surface area contributed by atoms with Crippen LogP contribution in [0.4, 0.5) is 0 Å². The number of hydrogen-bond acceptors (Lipinski definition) is 5. The summed E-state index contributed by atoms with van der Waals surface area (Å²) < 4.78 is 7.08. The van der Waals surface area contributed by atoms with Crippen molar-refractivity contribution in [3.8, 4) is 16.9 Å². The topological polar surface area (TPSA) is 83.8 Å². The summed E-state index contributed by atoms with van der Waals surface area (Å²) in [5, 5.41) is 13.4. The highest BCUT2D eigenvalue weighted by atomic mass is 16.5. The molecule has 0 aliphatic carbocycles. The van der Waals surface area contributed by atoms with E-state index in [9.17, 15) is 14.7 Å². The summed E-state index contributed by atoms with van der Waals surface area (Å²) in [6.07, 6.45) is 0. The number of methoxy groups -OCH3 is 1. The molecule has 4 atom stereocenters. The highest BCUT2D eigenvalue weighted by Crippen LogP contribution is 2.49. The van der Waals surface area contributed by atoms with Gasteiger partial charge in [0, 0.05) is 49.3 Å². The first-order chi connectivity index (χ1) is 17.1. The van der Waals surface area contributed by atoms with Gasteiger partial charge in [0.25, 0.3) is 5.56 Å². The second-order valence-electron chi connectivity index (χ2n) is 9.27. The molecular formula is C28H31N3O4. The summed E-state index contributed by atoms with van der Waals surface area (Å²) >= 11 is 0. The molecule has 2 aliphatic heterocycles. The Bertz CT molecular complexity index is 1260. The summed E-state index contributed by atoms with van der Waals surface area (Å²) in [6, 6.07) is 20.8. The molecule has 2 aromatic carbocycles. The first kappa shape index (κ1) is 23.3. The molecule has 1 amide bonds. The number of carbonyl (C=O) groups excluding carboxylic acids is 1. The van der Waals surface area contributed by atoms with Crippen molar-refractivity contribution in [3.63, 3.8) is 0 Å². The lowest BCUT2D eigenvalue weighted by Crippen LogP contribution is -2.48. The van der Waals surface area contributed by atoms with Gasteiger partial charge >= 0.3 is 0 Å². The van der Waals surface area contributed by atoms with Gasteiger partial charge in [-0.15, -0.1) is 0 Å². The minimum atomic E-state index is -0.458. The Morgan fingerprint density at radius 1 is 1.09 bits per heavy atom. The van der Waals surface area contributed by atoms with Gasteiger partial charge < -0.3 is 19.7 Å². The van der Waals surface area contributed by atoms with Crippen LogP contribution < -0.4 is 15.6 Å². The standard InChI is InChI=1S/C28H31N3O4/c1-3-29-27(33)26-23(17-32)22-16-30-24(25(22)31(26)15-18-7-5-4-6-8-18)14-13-21(28(30)34)19-9-11-20(35-2)12-10-19/h4-14,22-23,25-26,32H,3,15-17H2,1-2H3,(H,29,33)/t22-,23-,25+,26-/m1/s1. The van der Waals surface area contributed by atoms with Crippen LogP contribution in [0.2, 0.25) is 0 Å². The molecule has 3 heterocycles. The van der Waals surface area contributed by atoms with Crippen LogP contribution in [-0.2, 0) is 17.9 Å². The number of ether oxygens (including phenoxy) is 1. The molecule has 182 valence electrons. The molecule has 1 aromatic heterocycles. The number of nitrogens with one attached hydrogen (secondary N) is 1. The number of amides is 1. The van der Waals surface area contributed by atoms with Crippen molar-refractivity contribution in [2.24, 2.45) is 11.8 Å². The van der Waals surface area contributed by atoms with Crippen molar-refractivity contribution in [2.45, 2.75) is 32.1 Å². The Kier molecular flexibility index (Phi) is 6.45. The van der Waals surface area contributed by atoms with Crippen molar-refractivity contribution < 1.29 is 14.6 Å². The van der Waals surface area contributed by atoms with Gasteiger partial charge in [0.1, 0.15) is 5.75 Å². The largest absolute Gasteiger partial charge is 0.497 e. The highest BCUT2D eigenvalue weighted by Gasteiger charge is 2.55. The third-order valence-electron chi connectivity index (χ3n) is 7.42. The van der Waals surface area contributed by atoms with E-state index >= 15 is 0 Å². The lowest BCUT2D eigenvalue weighted by Gasteiger charge is -2.30. The Hall–Kier alpha value is -3.42. The number of likely N-dealkylation sites (tertiary alicyclic amines) is 1. The number of nitrogens with zero attached hydrogens (tertiary/aromatic N) is 2. The highest BCUT2D eigenvalue weighted by molar-refractivity contribution is 5.82. The second kappa shape index (κ2) is 9.68.